The Hall–Kier alpha value is -0.590. The molecule has 1 spiro atoms. The largest absolute Gasteiger partial charge is 0.299 e. The van der Waals surface area contributed by atoms with E-state index in [0.29, 0.717) is 29.5 Å². The molecule has 2 saturated carbocycles. The number of carbonyl (C=O) groups is 1. The van der Waals surface area contributed by atoms with E-state index in [1.807, 2.05) is 6.08 Å². The van der Waals surface area contributed by atoms with Gasteiger partial charge in [0.15, 0.2) is 0 Å². The third-order valence-electron chi connectivity index (χ3n) is 5.14. The number of Topliss-reactive ketones (excluding diaryl/α,β-unsaturated/α-hetero) is 1. The van der Waals surface area contributed by atoms with Crippen LogP contribution in [-0.2, 0) is 4.79 Å². The fraction of sp³-hybridized carbons (Fsp3) is 0.812. The first-order chi connectivity index (χ1) is 8.17. The molecule has 2 aliphatic rings. The fourth-order valence-corrected chi connectivity index (χ4v) is 3.94. The van der Waals surface area contributed by atoms with Crippen molar-refractivity contribution in [1.82, 2.24) is 0 Å². The van der Waals surface area contributed by atoms with Crippen LogP contribution < -0.4 is 0 Å². The Morgan fingerprint density at radius 3 is 2.71 bits per heavy atom. The van der Waals surface area contributed by atoms with Gasteiger partial charge in [0.2, 0.25) is 0 Å². The minimum atomic E-state index is 0.349. The number of ketones is 1. The molecule has 2 atom stereocenters. The number of rotatable bonds is 4. The topological polar surface area (TPSA) is 17.1 Å². The molecule has 0 bridgehead atoms. The summed E-state index contributed by atoms with van der Waals surface area (Å²) in [7, 11) is 0. The summed E-state index contributed by atoms with van der Waals surface area (Å²) < 4.78 is 0. The van der Waals surface area contributed by atoms with Crippen molar-refractivity contribution in [2.24, 2.45) is 17.3 Å². The molecular weight excluding hydrogens is 208 g/mol. The summed E-state index contributed by atoms with van der Waals surface area (Å²) in [5.74, 6) is 1.46. The van der Waals surface area contributed by atoms with E-state index in [-0.39, 0.29) is 0 Å². The molecule has 1 unspecified atom stereocenters. The summed E-state index contributed by atoms with van der Waals surface area (Å²) in [6.45, 7) is 5.99. The summed E-state index contributed by atoms with van der Waals surface area (Å²) >= 11 is 0. The fourth-order valence-electron chi connectivity index (χ4n) is 3.94. The molecule has 0 aromatic rings. The summed E-state index contributed by atoms with van der Waals surface area (Å²) in [6, 6.07) is 0. The molecule has 0 aliphatic heterocycles. The van der Waals surface area contributed by atoms with Crippen molar-refractivity contribution < 1.29 is 4.79 Å². The third-order valence-corrected chi connectivity index (χ3v) is 5.14. The Bertz CT molecular complexity index is 286. The van der Waals surface area contributed by atoms with Gasteiger partial charge in [0.1, 0.15) is 5.78 Å². The molecule has 0 amide bonds. The van der Waals surface area contributed by atoms with Crippen molar-refractivity contribution >= 4 is 5.78 Å². The first-order valence-electron chi connectivity index (χ1n) is 7.30. The highest BCUT2D eigenvalue weighted by Gasteiger charge is 2.42. The molecule has 0 radical (unpaired) electrons. The first-order valence-corrected chi connectivity index (χ1v) is 7.30. The lowest BCUT2D eigenvalue weighted by molar-refractivity contribution is -0.127. The predicted octanol–water partition coefficient (Wildman–Crippen LogP) is 4.52. The lowest BCUT2D eigenvalue weighted by Gasteiger charge is -2.41. The van der Waals surface area contributed by atoms with Gasteiger partial charge in [0.05, 0.1) is 0 Å². The van der Waals surface area contributed by atoms with E-state index in [2.05, 4.69) is 13.5 Å². The van der Waals surface area contributed by atoms with Gasteiger partial charge in [-0.15, -0.1) is 6.58 Å². The minimum absolute atomic E-state index is 0.349. The van der Waals surface area contributed by atoms with Crippen molar-refractivity contribution in [1.29, 1.82) is 0 Å². The van der Waals surface area contributed by atoms with Gasteiger partial charge in [-0.2, -0.15) is 0 Å². The van der Waals surface area contributed by atoms with Gasteiger partial charge in [-0.1, -0.05) is 25.8 Å². The van der Waals surface area contributed by atoms with Crippen LogP contribution in [0.1, 0.15) is 64.7 Å². The van der Waals surface area contributed by atoms with E-state index >= 15 is 0 Å². The Labute approximate surface area is 106 Å². The van der Waals surface area contributed by atoms with Crippen molar-refractivity contribution in [3.63, 3.8) is 0 Å². The minimum Gasteiger partial charge on any atom is -0.299 e. The Morgan fingerprint density at radius 2 is 2.06 bits per heavy atom. The van der Waals surface area contributed by atoms with Crippen LogP contribution >= 0.6 is 0 Å². The molecule has 0 N–H and O–H groups in total. The molecule has 96 valence electrons. The van der Waals surface area contributed by atoms with Crippen molar-refractivity contribution in [3.8, 4) is 0 Å². The Morgan fingerprint density at radius 1 is 1.35 bits per heavy atom. The second-order valence-electron chi connectivity index (χ2n) is 6.33. The molecule has 17 heavy (non-hydrogen) atoms. The number of hydrogen-bond acceptors (Lipinski definition) is 1. The lowest BCUT2D eigenvalue weighted by atomic mass is 9.63. The Balaban J connectivity index is 1.99. The second-order valence-corrected chi connectivity index (χ2v) is 6.33. The highest BCUT2D eigenvalue weighted by Crippen LogP contribution is 2.52. The van der Waals surface area contributed by atoms with Crippen LogP contribution in [0.15, 0.2) is 12.7 Å². The Kier molecular flexibility index (Phi) is 4.06. The van der Waals surface area contributed by atoms with E-state index in [9.17, 15) is 4.79 Å². The van der Waals surface area contributed by atoms with E-state index in [1.54, 1.807) is 0 Å². The van der Waals surface area contributed by atoms with Crippen molar-refractivity contribution in [3.05, 3.63) is 12.7 Å². The molecular formula is C16H26O. The SMILES string of the molecule is C=CCCC(=O)C1CC2(CCCC2)CC[C@H]1C. The van der Waals surface area contributed by atoms with E-state index in [0.717, 1.165) is 6.42 Å². The molecule has 0 aromatic heterocycles. The van der Waals surface area contributed by atoms with Crippen LogP contribution in [0.2, 0.25) is 0 Å². The molecule has 0 aromatic carbocycles. The van der Waals surface area contributed by atoms with Crippen molar-refractivity contribution in [2.75, 3.05) is 0 Å². The summed E-state index contributed by atoms with van der Waals surface area (Å²) in [4.78, 5) is 12.3. The van der Waals surface area contributed by atoms with Gasteiger partial charge < -0.3 is 0 Å². The maximum absolute atomic E-state index is 12.3. The molecule has 2 fully saturated rings. The average molecular weight is 234 g/mol. The first kappa shape index (κ1) is 12.9. The van der Waals surface area contributed by atoms with Crippen LogP contribution in [0.25, 0.3) is 0 Å². The van der Waals surface area contributed by atoms with E-state index < -0.39 is 0 Å². The van der Waals surface area contributed by atoms with Gasteiger partial charge in [-0.05, 0) is 49.9 Å². The van der Waals surface area contributed by atoms with Crippen LogP contribution in [0, 0.1) is 17.3 Å². The smallest absolute Gasteiger partial charge is 0.136 e. The molecule has 2 rings (SSSR count). The van der Waals surface area contributed by atoms with E-state index in [1.165, 1.54) is 44.9 Å². The standard InChI is InChI=1S/C16H26O/c1-3-4-7-15(17)14-12-16(9-5-6-10-16)11-8-13(14)2/h3,13-14H,1,4-12H2,2H3/t13-,14?/m1/s1. The highest BCUT2D eigenvalue weighted by molar-refractivity contribution is 5.81. The zero-order valence-electron chi connectivity index (χ0n) is 11.2. The zero-order chi connectivity index (χ0) is 12.3. The molecule has 2 aliphatic carbocycles. The average Bonchev–Trinajstić information content (AvgIpc) is 2.78. The van der Waals surface area contributed by atoms with Gasteiger partial charge >= 0.3 is 0 Å². The van der Waals surface area contributed by atoms with Gasteiger partial charge in [0.25, 0.3) is 0 Å². The molecule has 1 nitrogen and oxygen atoms in total. The summed E-state index contributed by atoms with van der Waals surface area (Å²) in [6.07, 6.45) is 12.8. The maximum Gasteiger partial charge on any atom is 0.136 e. The van der Waals surface area contributed by atoms with Gasteiger partial charge in [-0.3, -0.25) is 4.79 Å². The monoisotopic (exact) mass is 234 g/mol. The van der Waals surface area contributed by atoms with E-state index in [4.69, 9.17) is 0 Å². The zero-order valence-corrected chi connectivity index (χ0v) is 11.2. The molecule has 0 heterocycles. The van der Waals surface area contributed by atoms with Crippen LogP contribution in [0.3, 0.4) is 0 Å². The van der Waals surface area contributed by atoms with Crippen LogP contribution in [-0.4, -0.2) is 5.78 Å². The van der Waals surface area contributed by atoms with Crippen LogP contribution in [0.4, 0.5) is 0 Å². The molecule has 1 heteroatoms. The second kappa shape index (κ2) is 5.37. The summed E-state index contributed by atoms with van der Waals surface area (Å²) in [5, 5.41) is 0. The summed E-state index contributed by atoms with van der Waals surface area (Å²) in [5.41, 5.74) is 0.557. The van der Waals surface area contributed by atoms with Gasteiger partial charge in [0, 0.05) is 12.3 Å². The van der Waals surface area contributed by atoms with Crippen LogP contribution in [0.5, 0.6) is 0 Å². The highest BCUT2D eigenvalue weighted by atomic mass is 16.1. The number of hydrogen-bond donors (Lipinski definition) is 0. The molecule has 0 saturated heterocycles. The predicted molar refractivity (Wildman–Crippen MR) is 71.8 cm³/mol. The normalized spacial score (nSPS) is 31.6. The third kappa shape index (κ3) is 2.81. The lowest BCUT2D eigenvalue weighted by Crippen LogP contribution is -2.35. The maximum atomic E-state index is 12.3. The van der Waals surface area contributed by atoms with Gasteiger partial charge in [-0.25, -0.2) is 0 Å². The van der Waals surface area contributed by atoms with Crippen molar-refractivity contribution in [2.45, 2.75) is 64.7 Å². The number of allylic oxidation sites excluding steroid dienone is 1. The quantitative estimate of drug-likeness (QED) is 0.654. The number of carbonyl (C=O) groups excluding carboxylic acids is 1.